The molecule has 0 atom stereocenters. The number of aryl methyl sites for hydroxylation is 1. The molecule has 1 aliphatic rings. The first-order valence-corrected chi connectivity index (χ1v) is 7.71. The van der Waals surface area contributed by atoms with Gasteiger partial charge >= 0.3 is 0 Å². The molecule has 7 heteroatoms. The Morgan fingerprint density at radius 1 is 1.33 bits per heavy atom. The SMILES string of the molecule is COc1cc(Nc2ccc3c4c(n(C)c3n2)CCNC4=O)ccn1. The van der Waals surface area contributed by atoms with Gasteiger partial charge < -0.3 is 19.9 Å². The lowest BCUT2D eigenvalue weighted by Crippen LogP contribution is -2.32. The molecular formula is C17H17N5O2. The highest BCUT2D eigenvalue weighted by Gasteiger charge is 2.25. The Bertz CT molecular complexity index is 948. The van der Waals surface area contributed by atoms with Crippen molar-refractivity contribution in [1.29, 1.82) is 0 Å². The van der Waals surface area contributed by atoms with Gasteiger partial charge in [0.1, 0.15) is 11.5 Å². The molecule has 4 rings (SSSR count). The topological polar surface area (TPSA) is 81.1 Å². The predicted octanol–water partition coefficient (Wildman–Crippen LogP) is 2.01. The van der Waals surface area contributed by atoms with Gasteiger partial charge in [-0.3, -0.25) is 4.79 Å². The standard InChI is InChI=1S/C17H17N5O2/c1-22-12-6-8-19-17(23)15(12)11-3-4-13(21-16(11)22)20-10-5-7-18-14(9-10)24-2/h3-5,7,9H,6,8H2,1-2H3,(H,19,23)(H,18,20,21). The smallest absolute Gasteiger partial charge is 0.253 e. The molecule has 0 bridgehead atoms. The Morgan fingerprint density at radius 2 is 2.21 bits per heavy atom. The zero-order chi connectivity index (χ0) is 16.7. The van der Waals surface area contributed by atoms with Gasteiger partial charge in [-0.15, -0.1) is 0 Å². The summed E-state index contributed by atoms with van der Waals surface area (Å²) in [6.07, 6.45) is 2.49. The number of amides is 1. The van der Waals surface area contributed by atoms with Gasteiger partial charge in [-0.1, -0.05) is 0 Å². The van der Waals surface area contributed by atoms with Crippen LogP contribution in [0.4, 0.5) is 11.5 Å². The van der Waals surface area contributed by atoms with E-state index in [0.29, 0.717) is 18.2 Å². The zero-order valence-electron chi connectivity index (χ0n) is 13.5. The number of hydrogen-bond donors (Lipinski definition) is 2. The van der Waals surface area contributed by atoms with Gasteiger partial charge in [0.15, 0.2) is 0 Å². The van der Waals surface area contributed by atoms with Crippen molar-refractivity contribution in [2.45, 2.75) is 6.42 Å². The summed E-state index contributed by atoms with van der Waals surface area (Å²) in [5, 5.41) is 7.02. The van der Waals surface area contributed by atoms with Crippen molar-refractivity contribution >= 4 is 28.4 Å². The molecule has 3 aromatic rings. The van der Waals surface area contributed by atoms with Crippen molar-refractivity contribution in [3.05, 3.63) is 41.7 Å². The Balaban J connectivity index is 1.76. The van der Waals surface area contributed by atoms with Crippen molar-refractivity contribution in [1.82, 2.24) is 19.9 Å². The van der Waals surface area contributed by atoms with Gasteiger partial charge in [0.25, 0.3) is 5.91 Å². The molecule has 0 aromatic carbocycles. The summed E-state index contributed by atoms with van der Waals surface area (Å²) < 4.78 is 7.13. The number of ether oxygens (including phenoxy) is 1. The van der Waals surface area contributed by atoms with Gasteiger partial charge in [0.2, 0.25) is 5.88 Å². The quantitative estimate of drug-likeness (QED) is 0.770. The normalized spacial score (nSPS) is 13.5. The summed E-state index contributed by atoms with van der Waals surface area (Å²) >= 11 is 0. The van der Waals surface area contributed by atoms with Crippen LogP contribution in [0.3, 0.4) is 0 Å². The second-order valence-corrected chi connectivity index (χ2v) is 5.67. The molecule has 2 N–H and O–H groups in total. The molecule has 1 aliphatic heterocycles. The minimum absolute atomic E-state index is 0.0248. The highest BCUT2D eigenvalue weighted by atomic mass is 16.5. The van der Waals surface area contributed by atoms with E-state index in [1.807, 2.05) is 29.8 Å². The van der Waals surface area contributed by atoms with Gasteiger partial charge in [-0.25, -0.2) is 9.97 Å². The van der Waals surface area contributed by atoms with E-state index in [1.54, 1.807) is 19.4 Å². The third-order valence-electron chi connectivity index (χ3n) is 4.25. The molecule has 0 fully saturated rings. The summed E-state index contributed by atoms with van der Waals surface area (Å²) in [6.45, 7) is 0.665. The summed E-state index contributed by atoms with van der Waals surface area (Å²) in [6, 6.07) is 7.46. The number of carbonyl (C=O) groups excluding carboxylic acids is 1. The first kappa shape index (κ1) is 14.5. The molecule has 7 nitrogen and oxygen atoms in total. The van der Waals surface area contributed by atoms with E-state index in [4.69, 9.17) is 4.74 Å². The Labute approximate surface area is 138 Å². The lowest BCUT2D eigenvalue weighted by atomic mass is 10.1. The lowest BCUT2D eigenvalue weighted by Gasteiger charge is -2.13. The average Bonchev–Trinajstić information content (AvgIpc) is 2.89. The maximum absolute atomic E-state index is 12.2. The summed E-state index contributed by atoms with van der Waals surface area (Å²) in [4.78, 5) is 20.9. The number of nitrogens with one attached hydrogen (secondary N) is 2. The second-order valence-electron chi connectivity index (χ2n) is 5.67. The molecule has 0 saturated carbocycles. The Kier molecular flexibility index (Phi) is 3.34. The fourth-order valence-corrected chi connectivity index (χ4v) is 3.10. The van der Waals surface area contributed by atoms with Crippen molar-refractivity contribution in [2.24, 2.45) is 7.05 Å². The van der Waals surface area contributed by atoms with Crippen molar-refractivity contribution < 1.29 is 9.53 Å². The van der Waals surface area contributed by atoms with E-state index in [-0.39, 0.29) is 5.91 Å². The van der Waals surface area contributed by atoms with Crippen LogP contribution in [0.5, 0.6) is 5.88 Å². The van der Waals surface area contributed by atoms with Crippen LogP contribution in [0.25, 0.3) is 11.0 Å². The number of methoxy groups -OCH3 is 1. The molecule has 24 heavy (non-hydrogen) atoms. The zero-order valence-corrected chi connectivity index (χ0v) is 13.5. The van der Waals surface area contributed by atoms with Crippen molar-refractivity contribution in [3.8, 4) is 5.88 Å². The highest BCUT2D eigenvalue weighted by molar-refractivity contribution is 6.08. The first-order chi connectivity index (χ1) is 11.7. The molecule has 0 unspecified atom stereocenters. The van der Waals surface area contributed by atoms with E-state index < -0.39 is 0 Å². The fraction of sp³-hybridized carbons (Fsp3) is 0.235. The van der Waals surface area contributed by atoms with Crippen LogP contribution in [0.15, 0.2) is 30.5 Å². The third-order valence-corrected chi connectivity index (χ3v) is 4.25. The van der Waals surface area contributed by atoms with Crippen molar-refractivity contribution in [2.75, 3.05) is 19.0 Å². The van der Waals surface area contributed by atoms with Gasteiger partial charge in [-0.05, 0) is 18.2 Å². The van der Waals surface area contributed by atoms with Crippen LogP contribution < -0.4 is 15.4 Å². The number of anilines is 2. The second kappa shape index (κ2) is 5.52. The molecule has 0 spiro atoms. The minimum atomic E-state index is -0.0248. The molecule has 0 saturated heterocycles. The van der Waals surface area contributed by atoms with E-state index in [2.05, 4.69) is 20.6 Å². The largest absolute Gasteiger partial charge is 0.481 e. The highest BCUT2D eigenvalue weighted by Crippen LogP contribution is 2.28. The van der Waals surface area contributed by atoms with Crippen molar-refractivity contribution in [3.63, 3.8) is 0 Å². The van der Waals surface area contributed by atoms with Gasteiger partial charge in [0.05, 0.1) is 12.7 Å². The monoisotopic (exact) mass is 323 g/mol. The van der Waals surface area contributed by atoms with Crippen LogP contribution in [0, 0.1) is 0 Å². The molecule has 0 radical (unpaired) electrons. The number of carbonyl (C=O) groups is 1. The van der Waals surface area contributed by atoms with Crippen LogP contribution >= 0.6 is 0 Å². The number of aromatic nitrogens is 3. The third kappa shape index (κ3) is 2.25. The molecule has 1 amide bonds. The maximum atomic E-state index is 12.2. The molecule has 3 aromatic heterocycles. The first-order valence-electron chi connectivity index (χ1n) is 7.71. The van der Waals surface area contributed by atoms with Crippen LogP contribution in [-0.2, 0) is 13.5 Å². The average molecular weight is 323 g/mol. The molecule has 0 aliphatic carbocycles. The maximum Gasteiger partial charge on any atom is 0.253 e. The van der Waals surface area contributed by atoms with Gasteiger partial charge in [0, 0.05) is 49.0 Å². The Hall–Kier alpha value is -3.09. The minimum Gasteiger partial charge on any atom is -0.481 e. The number of pyridine rings is 2. The van der Waals surface area contributed by atoms with Crippen LogP contribution in [-0.4, -0.2) is 34.1 Å². The van der Waals surface area contributed by atoms with Crippen LogP contribution in [0.1, 0.15) is 16.1 Å². The Morgan fingerprint density at radius 3 is 3.04 bits per heavy atom. The summed E-state index contributed by atoms with van der Waals surface area (Å²) in [7, 11) is 3.53. The summed E-state index contributed by atoms with van der Waals surface area (Å²) in [5.74, 6) is 1.21. The number of hydrogen-bond acceptors (Lipinski definition) is 5. The van der Waals surface area contributed by atoms with E-state index in [0.717, 1.165) is 34.4 Å². The molecule has 122 valence electrons. The number of rotatable bonds is 3. The lowest BCUT2D eigenvalue weighted by molar-refractivity contribution is 0.0947. The fourth-order valence-electron chi connectivity index (χ4n) is 3.10. The van der Waals surface area contributed by atoms with Crippen LogP contribution in [0.2, 0.25) is 0 Å². The molecule has 4 heterocycles. The van der Waals surface area contributed by atoms with E-state index in [1.165, 1.54) is 0 Å². The van der Waals surface area contributed by atoms with E-state index in [9.17, 15) is 4.79 Å². The van der Waals surface area contributed by atoms with E-state index >= 15 is 0 Å². The molecular weight excluding hydrogens is 306 g/mol. The number of nitrogens with zero attached hydrogens (tertiary/aromatic N) is 3. The number of fused-ring (bicyclic) bond motifs is 3. The summed E-state index contributed by atoms with van der Waals surface area (Å²) in [5.41, 5.74) is 3.40. The van der Waals surface area contributed by atoms with Gasteiger partial charge in [-0.2, -0.15) is 0 Å². The predicted molar refractivity (Wildman–Crippen MR) is 90.8 cm³/mol.